The maximum absolute atomic E-state index is 11.7. The molecule has 0 saturated carbocycles. The van der Waals surface area contributed by atoms with Gasteiger partial charge in [0.25, 0.3) is 0 Å². The van der Waals surface area contributed by atoms with E-state index in [4.69, 9.17) is 0 Å². The summed E-state index contributed by atoms with van der Waals surface area (Å²) >= 11 is 1.53. The van der Waals surface area contributed by atoms with E-state index < -0.39 is 9.84 Å². The SMILES string of the molecule is CS(=O)(=O)c1ccc2nc(N3CCN(c4ncccn4)CC3)sc2c1. The molecule has 1 fully saturated rings. The Kier molecular flexibility index (Phi) is 4.04. The van der Waals surface area contributed by atoms with Crippen molar-refractivity contribution in [1.82, 2.24) is 15.0 Å². The van der Waals surface area contributed by atoms with Crippen molar-refractivity contribution in [2.24, 2.45) is 0 Å². The number of benzene rings is 1. The van der Waals surface area contributed by atoms with Crippen LogP contribution in [0.4, 0.5) is 11.1 Å². The lowest BCUT2D eigenvalue weighted by atomic mass is 10.3. The third kappa shape index (κ3) is 3.29. The minimum absolute atomic E-state index is 0.334. The number of hydrogen-bond acceptors (Lipinski definition) is 8. The summed E-state index contributed by atoms with van der Waals surface area (Å²) in [5.74, 6) is 0.754. The molecule has 3 heterocycles. The summed E-state index contributed by atoms with van der Waals surface area (Å²) in [6.45, 7) is 3.32. The van der Waals surface area contributed by atoms with Gasteiger partial charge >= 0.3 is 0 Å². The van der Waals surface area contributed by atoms with Crippen LogP contribution >= 0.6 is 11.3 Å². The normalized spacial score (nSPS) is 15.7. The van der Waals surface area contributed by atoms with Crippen LogP contribution in [0, 0.1) is 0 Å². The van der Waals surface area contributed by atoms with Gasteiger partial charge in [-0.1, -0.05) is 11.3 Å². The van der Waals surface area contributed by atoms with Crippen LogP contribution in [0.5, 0.6) is 0 Å². The Bertz CT molecular complexity index is 996. The Hall–Kier alpha value is -2.26. The summed E-state index contributed by atoms with van der Waals surface area (Å²) in [7, 11) is -3.20. The predicted molar refractivity (Wildman–Crippen MR) is 99.2 cm³/mol. The number of nitrogens with zero attached hydrogens (tertiary/aromatic N) is 5. The average molecular weight is 375 g/mol. The number of thiazole rings is 1. The van der Waals surface area contributed by atoms with Crippen molar-refractivity contribution in [3.63, 3.8) is 0 Å². The second-order valence-electron chi connectivity index (χ2n) is 5.92. The summed E-state index contributed by atoms with van der Waals surface area (Å²) < 4.78 is 24.3. The second-order valence-corrected chi connectivity index (χ2v) is 8.95. The number of anilines is 2. The van der Waals surface area contributed by atoms with E-state index in [1.807, 2.05) is 6.07 Å². The van der Waals surface area contributed by atoms with Crippen LogP contribution in [0.3, 0.4) is 0 Å². The molecule has 25 heavy (non-hydrogen) atoms. The third-order valence-electron chi connectivity index (χ3n) is 4.16. The molecule has 0 amide bonds. The van der Waals surface area contributed by atoms with E-state index in [1.54, 1.807) is 30.6 Å². The molecule has 1 aliphatic rings. The van der Waals surface area contributed by atoms with Gasteiger partial charge in [0.2, 0.25) is 5.95 Å². The molecule has 0 N–H and O–H groups in total. The predicted octanol–water partition coefficient (Wildman–Crippen LogP) is 1.82. The van der Waals surface area contributed by atoms with E-state index in [2.05, 4.69) is 24.8 Å². The molecule has 2 aromatic heterocycles. The lowest BCUT2D eigenvalue weighted by Gasteiger charge is -2.34. The Balaban J connectivity index is 1.53. The molecule has 1 aromatic carbocycles. The monoisotopic (exact) mass is 375 g/mol. The van der Waals surface area contributed by atoms with Gasteiger partial charge in [-0.05, 0) is 24.3 Å². The number of hydrogen-bond donors (Lipinski definition) is 0. The maximum Gasteiger partial charge on any atom is 0.225 e. The first-order chi connectivity index (χ1) is 12.0. The van der Waals surface area contributed by atoms with Crippen LogP contribution in [-0.2, 0) is 9.84 Å². The molecule has 0 radical (unpaired) electrons. The van der Waals surface area contributed by atoms with Crippen molar-refractivity contribution in [2.45, 2.75) is 4.90 Å². The zero-order chi connectivity index (χ0) is 17.4. The molecule has 4 rings (SSSR count). The first-order valence-electron chi connectivity index (χ1n) is 7.88. The summed E-state index contributed by atoms with van der Waals surface area (Å²) in [5.41, 5.74) is 0.834. The van der Waals surface area contributed by atoms with E-state index in [9.17, 15) is 8.42 Å². The first kappa shape index (κ1) is 16.2. The van der Waals surface area contributed by atoms with Gasteiger partial charge in [-0.15, -0.1) is 0 Å². The Labute approximate surface area is 149 Å². The van der Waals surface area contributed by atoms with Gasteiger partial charge in [0, 0.05) is 44.8 Å². The number of fused-ring (bicyclic) bond motifs is 1. The van der Waals surface area contributed by atoms with Gasteiger partial charge in [0.1, 0.15) is 0 Å². The molecular weight excluding hydrogens is 358 g/mol. The van der Waals surface area contributed by atoms with Gasteiger partial charge in [0.05, 0.1) is 15.1 Å². The van der Waals surface area contributed by atoms with Crippen molar-refractivity contribution in [3.8, 4) is 0 Å². The fourth-order valence-electron chi connectivity index (χ4n) is 2.81. The molecule has 0 unspecified atom stereocenters. The smallest absolute Gasteiger partial charge is 0.225 e. The Morgan fingerprint density at radius 1 is 1.04 bits per heavy atom. The topological polar surface area (TPSA) is 79.3 Å². The molecule has 0 bridgehead atoms. The molecule has 0 atom stereocenters. The maximum atomic E-state index is 11.7. The summed E-state index contributed by atoms with van der Waals surface area (Å²) in [6, 6.07) is 6.91. The van der Waals surface area contributed by atoms with Crippen molar-refractivity contribution in [1.29, 1.82) is 0 Å². The molecule has 3 aromatic rings. The van der Waals surface area contributed by atoms with Crippen molar-refractivity contribution in [3.05, 3.63) is 36.7 Å². The lowest BCUT2D eigenvalue weighted by Crippen LogP contribution is -2.47. The fraction of sp³-hybridized carbons (Fsp3) is 0.312. The molecule has 7 nitrogen and oxygen atoms in total. The third-order valence-corrected chi connectivity index (χ3v) is 6.35. The highest BCUT2D eigenvalue weighted by Gasteiger charge is 2.21. The van der Waals surface area contributed by atoms with Crippen molar-refractivity contribution in [2.75, 3.05) is 42.2 Å². The Morgan fingerprint density at radius 2 is 1.72 bits per heavy atom. The largest absolute Gasteiger partial charge is 0.345 e. The summed E-state index contributed by atoms with van der Waals surface area (Å²) in [6.07, 6.45) is 4.73. The van der Waals surface area contributed by atoms with Gasteiger partial charge < -0.3 is 9.80 Å². The molecule has 130 valence electrons. The van der Waals surface area contributed by atoms with E-state index in [0.29, 0.717) is 4.90 Å². The van der Waals surface area contributed by atoms with E-state index in [1.165, 1.54) is 17.6 Å². The van der Waals surface area contributed by atoms with E-state index in [0.717, 1.165) is 47.5 Å². The van der Waals surface area contributed by atoms with E-state index in [-0.39, 0.29) is 0 Å². The molecule has 0 spiro atoms. The van der Waals surface area contributed by atoms with Crippen LogP contribution in [0.25, 0.3) is 10.2 Å². The molecule has 1 aliphatic heterocycles. The highest BCUT2D eigenvalue weighted by Crippen LogP contribution is 2.31. The summed E-state index contributed by atoms with van der Waals surface area (Å²) in [5, 5.41) is 0.925. The number of aromatic nitrogens is 3. The fourth-order valence-corrected chi connectivity index (χ4v) is 4.59. The van der Waals surface area contributed by atoms with Crippen LogP contribution < -0.4 is 9.80 Å². The Morgan fingerprint density at radius 3 is 2.40 bits per heavy atom. The molecule has 9 heteroatoms. The molecule has 0 aliphatic carbocycles. The number of sulfone groups is 1. The molecular formula is C16H17N5O2S2. The van der Waals surface area contributed by atoms with Crippen LogP contribution in [-0.4, -0.2) is 55.8 Å². The lowest BCUT2D eigenvalue weighted by molar-refractivity contribution is 0.602. The minimum Gasteiger partial charge on any atom is -0.345 e. The zero-order valence-corrected chi connectivity index (χ0v) is 15.3. The van der Waals surface area contributed by atoms with Crippen molar-refractivity contribution >= 4 is 42.5 Å². The number of rotatable bonds is 3. The highest BCUT2D eigenvalue weighted by molar-refractivity contribution is 7.90. The number of piperazine rings is 1. The quantitative estimate of drug-likeness (QED) is 0.691. The van der Waals surface area contributed by atoms with Gasteiger partial charge in [-0.3, -0.25) is 0 Å². The average Bonchev–Trinajstić information content (AvgIpc) is 3.05. The zero-order valence-electron chi connectivity index (χ0n) is 13.7. The van der Waals surface area contributed by atoms with Gasteiger partial charge in [0.15, 0.2) is 15.0 Å². The van der Waals surface area contributed by atoms with Crippen LogP contribution in [0.15, 0.2) is 41.6 Å². The standard InChI is InChI=1S/C16H17N5O2S2/c1-25(22,23)12-3-4-13-14(11-12)24-16(19-13)21-9-7-20(8-10-21)15-17-5-2-6-18-15/h2-6,11H,7-10H2,1H3. The van der Waals surface area contributed by atoms with Crippen molar-refractivity contribution < 1.29 is 8.42 Å². The van der Waals surface area contributed by atoms with Crippen LogP contribution in [0.2, 0.25) is 0 Å². The van der Waals surface area contributed by atoms with Gasteiger partial charge in [-0.25, -0.2) is 23.4 Å². The highest BCUT2D eigenvalue weighted by atomic mass is 32.2. The van der Waals surface area contributed by atoms with E-state index >= 15 is 0 Å². The second kappa shape index (κ2) is 6.23. The minimum atomic E-state index is -3.20. The van der Waals surface area contributed by atoms with Crippen LogP contribution in [0.1, 0.15) is 0 Å². The first-order valence-corrected chi connectivity index (χ1v) is 10.6. The van der Waals surface area contributed by atoms with Gasteiger partial charge in [-0.2, -0.15) is 0 Å². The molecule has 1 saturated heterocycles. The summed E-state index contributed by atoms with van der Waals surface area (Å²) in [4.78, 5) is 18.0.